The molecule has 4 heterocycles. The van der Waals surface area contributed by atoms with E-state index >= 15 is 0 Å². The van der Waals surface area contributed by atoms with E-state index in [4.69, 9.17) is 13.9 Å². The van der Waals surface area contributed by atoms with Crippen molar-refractivity contribution in [2.45, 2.75) is 25.0 Å². The summed E-state index contributed by atoms with van der Waals surface area (Å²) in [6.07, 6.45) is 0.693. The molecule has 2 N–H and O–H groups in total. The van der Waals surface area contributed by atoms with Crippen LogP contribution in [-0.2, 0) is 34.6 Å². The minimum Gasteiger partial charge on any atom is -0.497 e. The largest absolute Gasteiger partial charge is 0.497 e. The van der Waals surface area contributed by atoms with E-state index in [0.29, 0.717) is 43.2 Å². The van der Waals surface area contributed by atoms with Crippen LogP contribution in [0.4, 0.5) is 4.79 Å². The van der Waals surface area contributed by atoms with Crippen LogP contribution in [0.25, 0.3) is 0 Å². The van der Waals surface area contributed by atoms with Gasteiger partial charge in [0.25, 0.3) is 11.8 Å². The fourth-order valence-electron chi connectivity index (χ4n) is 4.75. The maximum Gasteiger partial charge on any atom is 0.322 e. The van der Waals surface area contributed by atoms with Crippen molar-refractivity contribution < 1.29 is 28.3 Å². The molecule has 5 rings (SSSR count). The molecule has 10 nitrogen and oxygen atoms in total. The molecule has 0 radical (unpaired) electrons. The maximum absolute atomic E-state index is 13.1. The Kier molecular flexibility index (Phi) is 5.34. The number of hydrogen-bond donors (Lipinski definition) is 2. The van der Waals surface area contributed by atoms with Gasteiger partial charge in [0, 0.05) is 50.8 Å². The fourth-order valence-corrected chi connectivity index (χ4v) is 4.75. The Morgan fingerprint density at radius 2 is 1.97 bits per heavy atom. The third kappa shape index (κ3) is 3.65. The molecule has 4 amide bonds. The number of nitrogens with one attached hydrogen (secondary N) is 2. The van der Waals surface area contributed by atoms with Crippen LogP contribution >= 0.6 is 0 Å². The van der Waals surface area contributed by atoms with E-state index in [1.807, 2.05) is 12.1 Å². The second-order valence-electron chi connectivity index (χ2n) is 8.58. The van der Waals surface area contributed by atoms with Crippen LogP contribution in [0.2, 0.25) is 0 Å². The third-order valence-corrected chi connectivity index (χ3v) is 6.54. The summed E-state index contributed by atoms with van der Waals surface area (Å²) in [4.78, 5) is 42.2. The molecule has 3 aliphatic rings. The highest BCUT2D eigenvalue weighted by Crippen LogP contribution is 2.35. The summed E-state index contributed by atoms with van der Waals surface area (Å²) in [5, 5.41) is 5.06. The van der Waals surface area contributed by atoms with Crippen LogP contribution in [0.15, 0.2) is 28.7 Å². The Labute approximate surface area is 190 Å². The van der Waals surface area contributed by atoms with Gasteiger partial charge in [0.05, 0.1) is 20.3 Å². The molecule has 0 unspecified atom stereocenters. The van der Waals surface area contributed by atoms with E-state index in [-0.39, 0.29) is 12.5 Å². The van der Waals surface area contributed by atoms with Crippen molar-refractivity contribution in [1.29, 1.82) is 0 Å². The monoisotopic (exact) mass is 454 g/mol. The summed E-state index contributed by atoms with van der Waals surface area (Å²) in [6.45, 7) is 3.19. The third-order valence-electron chi connectivity index (χ3n) is 6.54. The second kappa shape index (κ2) is 8.20. The zero-order valence-corrected chi connectivity index (χ0v) is 18.6. The number of fused-ring (bicyclic) bond motifs is 2. The van der Waals surface area contributed by atoms with Crippen molar-refractivity contribution >= 4 is 17.8 Å². The highest BCUT2D eigenvalue weighted by Gasteiger charge is 2.53. The Morgan fingerprint density at radius 1 is 1.12 bits per heavy atom. The lowest BCUT2D eigenvalue weighted by Crippen LogP contribution is -2.52. The lowest BCUT2D eigenvalue weighted by Gasteiger charge is -2.29. The van der Waals surface area contributed by atoms with Gasteiger partial charge in [-0.1, -0.05) is 6.07 Å². The number of methoxy groups -OCH3 is 2. The van der Waals surface area contributed by atoms with Crippen molar-refractivity contribution in [2.75, 3.05) is 40.5 Å². The van der Waals surface area contributed by atoms with Crippen LogP contribution in [-0.4, -0.2) is 68.1 Å². The van der Waals surface area contributed by atoms with Gasteiger partial charge in [0.1, 0.15) is 17.3 Å². The second-order valence-corrected chi connectivity index (χ2v) is 8.58. The van der Waals surface area contributed by atoms with Crippen molar-refractivity contribution in [2.24, 2.45) is 0 Å². The topological polar surface area (TPSA) is 113 Å². The van der Waals surface area contributed by atoms with E-state index in [2.05, 4.69) is 15.5 Å². The van der Waals surface area contributed by atoms with E-state index in [1.165, 1.54) is 0 Å². The number of rotatable bonds is 7. The molecule has 1 fully saturated rings. The number of benzene rings is 1. The van der Waals surface area contributed by atoms with Crippen molar-refractivity contribution in [1.82, 2.24) is 20.4 Å². The first kappa shape index (κ1) is 21.5. The molecule has 33 heavy (non-hydrogen) atoms. The van der Waals surface area contributed by atoms with Crippen molar-refractivity contribution in [3.63, 3.8) is 0 Å². The molecule has 1 aromatic carbocycles. The molecule has 0 spiro atoms. The van der Waals surface area contributed by atoms with E-state index in [9.17, 15) is 14.4 Å². The SMILES string of the molecule is COCCN1CCc2oc([C@]3(CN4Cc5ccc(OC)cc5C4=O)NC(=O)NC3=O)cc2C1. The maximum atomic E-state index is 13.1. The molecule has 174 valence electrons. The average Bonchev–Trinajstić information content (AvgIpc) is 3.46. The standard InChI is InChI=1S/C23H26N4O6/c1-31-8-7-26-6-5-18-15(11-26)9-19(33-18)23(21(29)24-22(30)25-23)13-27-12-14-3-4-16(32-2)10-17(14)20(27)28/h3-4,9-10H,5-8,11-13H2,1-2H3,(H2,24,25,29,30)/t23-/m0/s1. The Hall–Kier alpha value is -3.37. The first-order valence-electron chi connectivity index (χ1n) is 10.9. The van der Waals surface area contributed by atoms with Gasteiger partial charge >= 0.3 is 6.03 Å². The summed E-state index contributed by atoms with van der Waals surface area (Å²) in [5.41, 5.74) is 0.851. The lowest BCUT2D eigenvalue weighted by atomic mass is 9.94. The normalized spacial score (nSPS) is 22.2. The van der Waals surface area contributed by atoms with Gasteiger partial charge in [0.2, 0.25) is 0 Å². The fraction of sp³-hybridized carbons (Fsp3) is 0.435. The number of amides is 4. The number of urea groups is 1. The first-order valence-corrected chi connectivity index (χ1v) is 10.9. The van der Waals surface area contributed by atoms with E-state index in [1.54, 1.807) is 31.3 Å². The number of ether oxygens (including phenoxy) is 2. The van der Waals surface area contributed by atoms with Gasteiger partial charge in [0.15, 0.2) is 5.54 Å². The summed E-state index contributed by atoms with van der Waals surface area (Å²) in [6, 6.07) is 6.55. The molecular weight excluding hydrogens is 428 g/mol. The zero-order chi connectivity index (χ0) is 23.2. The van der Waals surface area contributed by atoms with E-state index in [0.717, 1.165) is 30.0 Å². The number of imide groups is 1. The van der Waals surface area contributed by atoms with Crippen molar-refractivity contribution in [3.05, 3.63) is 52.5 Å². The Balaban J connectivity index is 1.44. The zero-order valence-electron chi connectivity index (χ0n) is 18.6. The van der Waals surface area contributed by atoms with Gasteiger partial charge in [-0.05, 0) is 23.8 Å². The summed E-state index contributed by atoms with van der Waals surface area (Å²) >= 11 is 0. The molecule has 0 bridgehead atoms. The molecule has 1 aromatic heterocycles. The number of carbonyl (C=O) groups excluding carboxylic acids is 3. The highest BCUT2D eigenvalue weighted by atomic mass is 16.5. The summed E-state index contributed by atoms with van der Waals surface area (Å²) in [5.74, 6) is 0.969. The van der Waals surface area contributed by atoms with Crippen LogP contribution in [0.1, 0.15) is 33.0 Å². The quantitative estimate of drug-likeness (QED) is 0.600. The number of furan rings is 1. The van der Waals surface area contributed by atoms with E-state index < -0.39 is 17.5 Å². The average molecular weight is 454 g/mol. The Morgan fingerprint density at radius 3 is 2.70 bits per heavy atom. The van der Waals surface area contributed by atoms with Crippen LogP contribution < -0.4 is 15.4 Å². The minimum atomic E-state index is -1.49. The van der Waals surface area contributed by atoms with Gasteiger partial charge in [-0.25, -0.2) is 4.79 Å². The molecule has 10 heteroatoms. The van der Waals surface area contributed by atoms with Gasteiger partial charge in [-0.2, -0.15) is 0 Å². The summed E-state index contributed by atoms with van der Waals surface area (Å²) in [7, 11) is 3.21. The number of carbonyl (C=O) groups is 3. The predicted molar refractivity (Wildman–Crippen MR) is 116 cm³/mol. The molecule has 0 saturated carbocycles. The smallest absolute Gasteiger partial charge is 0.322 e. The summed E-state index contributed by atoms with van der Waals surface area (Å²) < 4.78 is 16.5. The first-order chi connectivity index (χ1) is 15.9. The minimum absolute atomic E-state index is 0.0415. The van der Waals surface area contributed by atoms with Crippen LogP contribution in [0.3, 0.4) is 0 Å². The van der Waals surface area contributed by atoms with Crippen LogP contribution in [0, 0.1) is 0 Å². The lowest BCUT2D eigenvalue weighted by molar-refractivity contribution is -0.125. The van der Waals surface area contributed by atoms with Gasteiger partial charge in [-0.3, -0.25) is 19.8 Å². The molecular formula is C23H26N4O6. The highest BCUT2D eigenvalue weighted by molar-refractivity contribution is 6.08. The Bertz CT molecular complexity index is 1130. The van der Waals surface area contributed by atoms with Gasteiger partial charge < -0.3 is 24.1 Å². The molecule has 1 saturated heterocycles. The number of nitrogens with zero attached hydrogens (tertiary/aromatic N) is 2. The molecule has 0 aliphatic carbocycles. The van der Waals surface area contributed by atoms with Gasteiger partial charge in [-0.15, -0.1) is 0 Å². The molecule has 1 atom stereocenters. The molecule has 3 aliphatic heterocycles. The molecule has 2 aromatic rings. The van der Waals surface area contributed by atoms with Crippen molar-refractivity contribution in [3.8, 4) is 5.75 Å². The van der Waals surface area contributed by atoms with Crippen LogP contribution in [0.5, 0.6) is 5.75 Å². The number of hydrogen-bond acceptors (Lipinski definition) is 7. The predicted octanol–water partition coefficient (Wildman–Crippen LogP) is 0.983.